The number of fused-ring (bicyclic) bond motifs is 4. The van der Waals surface area contributed by atoms with Crippen LogP contribution in [0, 0.1) is 13.8 Å². The molecule has 0 aliphatic heterocycles. The minimum Gasteiger partial charge on any atom is -0.460 e. The lowest BCUT2D eigenvalue weighted by Crippen LogP contribution is -2.00. The summed E-state index contributed by atoms with van der Waals surface area (Å²) in [5.41, 5.74) is 4.10. The maximum absolute atomic E-state index is 12.4. The van der Waals surface area contributed by atoms with Crippen LogP contribution in [0.1, 0.15) is 11.3 Å². The van der Waals surface area contributed by atoms with E-state index in [1.807, 2.05) is 50.2 Å². The van der Waals surface area contributed by atoms with E-state index in [2.05, 4.69) is 18.2 Å². The van der Waals surface area contributed by atoms with Crippen LogP contribution >= 0.6 is 0 Å². The van der Waals surface area contributed by atoms with E-state index in [0.29, 0.717) is 11.0 Å². The molecule has 3 aromatic carbocycles. The van der Waals surface area contributed by atoms with Gasteiger partial charge in [-0.2, -0.15) is 0 Å². The van der Waals surface area contributed by atoms with Crippen LogP contribution < -0.4 is 5.63 Å². The van der Waals surface area contributed by atoms with Crippen molar-refractivity contribution in [3.63, 3.8) is 0 Å². The monoisotopic (exact) mass is 340 g/mol. The summed E-state index contributed by atoms with van der Waals surface area (Å²) in [7, 11) is 0. The van der Waals surface area contributed by atoms with Crippen LogP contribution in [0.25, 0.3) is 43.8 Å². The quantitative estimate of drug-likeness (QED) is 0.279. The highest BCUT2D eigenvalue weighted by Gasteiger charge is 2.19. The predicted octanol–water partition coefficient (Wildman–Crippen LogP) is 5.98. The predicted molar refractivity (Wildman–Crippen MR) is 105 cm³/mol. The molecule has 0 aliphatic rings. The van der Waals surface area contributed by atoms with Crippen LogP contribution in [-0.2, 0) is 0 Å². The lowest BCUT2D eigenvalue weighted by atomic mass is 9.97. The largest absolute Gasteiger partial charge is 0.460 e. The summed E-state index contributed by atoms with van der Waals surface area (Å²) in [4.78, 5) is 12.4. The number of benzene rings is 3. The Morgan fingerprint density at radius 1 is 0.692 bits per heavy atom. The molecule has 5 aromatic rings. The number of rotatable bonds is 1. The molecule has 0 N–H and O–H groups in total. The van der Waals surface area contributed by atoms with E-state index in [9.17, 15) is 4.79 Å². The van der Waals surface area contributed by atoms with Gasteiger partial charge < -0.3 is 8.83 Å². The van der Waals surface area contributed by atoms with Crippen molar-refractivity contribution in [2.75, 3.05) is 0 Å². The Balaban J connectivity index is 2.01. The van der Waals surface area contributed by atoms with Gasteiger partial charge in [0, 0.05) is 21.9 Å². The first-order chi connectivity index (χ1) is 12.6. The van der Waals surface area contributed by atoms with Gasteiger partial charge in [-0.1, -0.05) is 48.5 Å². The maximum Gasteiger partial charge on any atom is 0.344 e. The van der Waals surface area contributed by atoms with Crippen molar-refractivity contribution < 1.29 is 8.83 Å². The first-order valence-electron chi connectivity index (χ1n) is 8.59. The molecule has 5 rings (SSSR count). The Hall–Kier alpha value is -3.33. The summed E-state index contributed by atoms with van der Waals surface area (Å²) in [6, 6.07) is 19.9. The lowest BCUT2D eigenvalue weighted by Gasteiger charge is -2.06. The molecule has 2 heterocycles. The number of aryl methyl sites for hydroxylation is 2. The molecule has 0 fully saturated rings. The molecule has 0 atom stereocenters. The van der Waals surface area contributed by atoms with Gasteiger partial charge in [-0.15, -0.1) is 0 Å². The van der Waals surface area contributed by atoms with E-state index in [0.717, 1.165) is 44.2 Å². The molecule has 0 saturated heterocycles. The molecule has 3 nitrogen and oxygen atoms in total. The third-order valence-corrected chi connectivity index (χ3v) is 5.03. The molecule has 0 unspecified atom stereocenters. The second kappa shape index (κ2) is 5.33. The van der Waals surface area contributed by atoms with Crippen molar-refractivity contribution in [1.82, 2.24) is 0 Å². The van der Waals surface area contributed by atoms with E-state index in [1.165, 1.54) is 0 Å². The van der Waals surface area contributed by atoms with Gasteiger partial charge in [-0.3, -0.25) is 0 Å². The topological polar surface area (TPSA) is 43.4 Å². The fourth-order valence-electron chi connectivity index (χ4n) is 3.83. The first kappa shape index (κ1) is 15.0. The van der Waals surface area contributed by atoms with Crippen molar-refractivity contribution >= 4 is 32.7 Å². The van der Waals surface area contributed by atoms with Gasteiger partial charge >= 0.3 is 5.63 Å². The van der Waals surface area contributed by atoms with E-state index in [4.69, 9.17) is 8.83 Å². The Bertz CT molecular complexity index is 1360. The highest BCUT2D eigenvalue weighted by molar-refractivity contribution is 6.13. The average Bonchev–Trinajstić information content (AvgIpc) is 3.00. The summed E-state index contributed by atoms with van der Waals surface area (Å²) in [5, 5.41) is 3.47. The summed E-state index contributed by atoms with van der Waals surface area (Å²) in [6.07, 6.45) is 0. The first-order valence-corrected chi connectivity index (χ1v) is 8.59. The van der Waals surface area contributed by atoms with Crippen molar-refractivity contribution in [2.45, 2.75) is 13.8 Å². The zero-order chi connectivity index (χ0) is 17.8. The van der Waals surface area contributed by atoms with E-state index in [1.54, 1.807) is 6.07 Å². The number of hydrogen-bond acceptors (Lipinski definition) is 3. The van der Waals surface area contributed by atoms with Crippen LogP contribution in [0.2, 0.25) is 0 Å². The van der Waals surface area contributed by atoms with Gasteiger partial charge in [-0.05, 0) is 36.9 Å². The standard InChI is InChI=1S/C23H16O3/c1-13-21-18(16-10-6-7-11-17(16)23(24)26-21)12-19-20(14(2)25-22(13)19)15-8-4-3-5-9-15/h3-12H,1-2H3. The van der Waals surface area contributed by atoms with Crippen molar-refractivity contribution in [3.8, 4) is 11.1 Å². The highest BCUT2D eigenvalue weighted by atomic mass is 16.4. The van der Waals surface area contributed by atoms with Gasteiger partial charge in [0.05, 0.1) is 5.39 Å². The normalized spacial score (nSPS) is 11.6. The van der Waals surface area contributed by atoms with E-state index in [-0.39, 0.29) is 5.63 Å². The van der Waals surface area contributed by atoms with E-state index < -0.39 is 0 Å². The van der Waals surface area contributed by atoms with Crippen molar-refractivity contribution in [1.29, 1.82) is 0 Å². The lowest BCUT2D eigenvalue weighted by molar-refractivity contribution is 0.559. The smallest absolute Gasteiger partial charge is 0.344 e. The zero-order valence-corrected chi connectivity index (χ0v) is 14.5. The van der Waals surface area contributed by atoms with Crippen LogP contribution in [0.5, 0.6) is 0 Å². The van der Waals surface area contributed by atoms with Crippen LogP contribution in [-0.4, -0.2) is 0 Å². The molecule has 3 heteroatoms. The molecule has 0 saturated carbocycles. The zero-order valence-electron chi connectivity index (χ0n) is 14.5. The Kier molecular flexibility index (Phi) is 3.07. The summed E-state index contributed by atoms with van der Waals surface area (Å²) in [6.45, 7) is 3.92. The summed E-state index contributed by atoms with van der Waals surface area (Å²) in [5.74, 6) is 0.858. The molecule has 0 aliphatic carbocycles. The Morgan fingerprint density at radius 3 is 2.12 bits per heavy atom. The molecule has 126 valence electrons. The maximum atomic E-state index is 12.4. The van der Waals surface area contributed by atoms with Crippen LogP contribution in [0.3, 0.4) is 0 Å². The fraction of sp³-hybridized carbons (Fsp3) is 0.0870. The summed E-state index contributed by atoms with van der Waals surface area (Å²) < 4.78 is 11.7. The van der Waals surface area contributed by atoms with Gasteiger partial charge in [-0.25, -0.2) is 4.79 Å². The van der Waals surface area contributed by atoms with Gasteiger partial charge in [0.1, 0.15) is 16.9 Å². The fourth-order valence-corrected chi connectivity index (χ4v) is 3.83. The summed E-state index contributed by atoms with van der Waals surface area (Å²) >= 11 is 0. The molecule has 0 amide bonds. The van der Waals surface area contributed by atoms with Gasteiger partial charge in [0.15, 0.2) is 0 Å². The minimum atomic E-state index is -0.317. The minimum absolute atomic E-state index is 0.317. The third-order valence-electron chi connectivity index (χ3n) is 5.03. The second-order valence-corrected chi connectivity index (χ2v) is 6.59. The molecular weight excluding hydrogens is 324 g/mol. The Labute approximate surface area is 149 Å². The van der Waals surface area contributed by atoms with Crippen LogP contribution in [0.4, 0.5) is 0 Å². The van der Waals surface area contributed by atoms with Gasteiger partial charge in [0.25, 0.3) is 0 Å². The molecule has 0 bridgehead atoms. The Morgan fingerprint density at radius 2 is 1.35 bits per heavy atom. The van der Waals surface area contributed by atoms with Crippen molar-refractivity contribution in [3.05, 3.63) is 82.4 Å². The third kappa shape index (κ3) is 1.97. The van der Waals surface area contributed by atoms with Gasteiger partial charge in [0.2, 0.25) is 0 Å². The molecular formula is C23H16O3. The molecule has 0 spiro atoms. The molecule has 0 radical (unpaired) electrons. The second-order valence-electron chi connectivity index (χ2n) is 6.59. The SMILES string of the molecule is Cc1oc2c(C)c3oc(=O)c4ccccc4c3cc2c1-c1ccccc1. The van der Waals surface area contributed by atoms with E-state index >= 15 is 0 Å². The van der Waals surface area contributed by atoms with Crippen LogP contribution in [0.15, 0.2) is 74.3 Å². The molecule has 2 aromatic heterocycles. The number of hydrogen-bond donors (Lipinski definition) is 0. The molecule has 26 heavy (non-hydrogen) atoms. The highest BCUT2D eigenvalue weighted by Crippen LogP contribution is 2.40. The average molecular weight is 340 g/mol. The number of furan rings is 1. The van der Waals surface area contributed by atoms with Crippen molar-refractivity contribution in [2.24, 2.45) is 0 Å².